The molecule has 2 fully saturated rings. The van der Waals surface area contributed by atoms with Gasteiger partial charge in [-0.15, -0.1) is 0 Å². The van der Waals surface area contributed by atoms with E-state index in [0.717, 1.165) is 37.6 Å². The molecule has 0 saturated carbocycles. The van der Waals surface area contributed by atoms with Gasteiger partial charge in [-0.2, -0.15) is 0 Å². The Bertz CT molecular complexity index is 378. The van der Waals surface area contributed by atoms with Crippen LogP contribution in [0.5, 0.6) is 0 Å². The van der Waals surface area contributed by atoms with Crippen LogP contribution in [0.25, 0.3) is 0 Å². The molecule has 2 aliphatic rings. The Hall–Kier alpha value is -1.16. The Morgan fingerprint density at radius 1 is 0.842 bits per heavy atom. The molecule has 3 rings (SSSR count). The van der Waals surface area contributed by atoms with Gasteiger partial charge in [0.1, 0.15) is 5.82 Å². The second-order valence-corrected chi connectivity index (χ2v) is 5.71. The Morgan fingerprint density at radius 3 is 2.26 bits per heavy atom. The van der Waals surface area contributed by atoms with Crippen molar-refractivity contribution in [1.82, 2.24) is 14.9 Å². The van der Waals surface area contributed by atoms with E-state index in [2.05, 4.69) is 19.8 Å². The van der Waals surface area contributed by atoms with Crippen molar-refractivity contribution in [3.63, 3.8) is 0 Å². The Kier molecular flexibility index (Phi) is 4.28. The highest BCUT2D eigenvalue weighted by Gasteiger charge is 2.14. The fourth-order valence-electron chi connectivity index (χ4n) is 3.04. The van der Waals surface area contributed by atoms with E-state index < -0.39 is 0 Å². The molecule has 0 unspecified atom stereocenters. The summed E-state index contributed by atoms with van der Waals surface area (Å²) in [6.07, 6.45) is 11.7. The fourth-order valence-corrected chi connectivity index (χ4v) is 3.04. The normalized spacial score (nSPS) is 20.9. The molecule has 0 radical (unpaired) electrons. The number of aromatic nitrogens is 2. The van der Waals surface area contributed by atoms with E-state index >= 15 is 0 Å². The van der Waals surface area contributed by atoms with Crippen LogP contribution in [0.2, 0.25) is 0 Å². The molecule has 4 heteroatoms. The molecule has 0 bridgehead atoms. The molecule has 0 amide bonds. The van der Waals surface area contributed by atoms with E-state index in [4.69, 9.17) is 0 Å². The molecular weight excluding hydrogens is 236 g/mol. The maximum Gasteiger partial charge on any atom is 0.147 e. The standard InChI is InChI=1S/C15H24N4/c1-2-7-18(8-3-1)11-6-14-12-17-15(13-16-14)19-9-4-5-10-19/h12-13H,1-11H2. The minimum Gasteiger partial charge on any atom is -0.355 e. The van der Waals surface area contributed by atoms with Crippen molar-refractivity contribution in [2.75, 3.05) is 37.6 Å². The molecule has 0 aromatic carbocycles. The fraction of sp³-hybridized carbons (Fsp3) is 0.733. The quantitative estimate of drug-likeness (QED) is 0.830. The minimum absolute atomic E-state index is 1.04. The highest BCUT2D eigenvalue weighted by molar-refractivity contribution is 5.36. The van der Waals surface area contributed by atoms with Crippen LogP contribution >= 0.6 is 0 Å². The maximum atomic E-state index is 4.58. The smallest absolute Gasteiger partial charge is 0.147 e. The van der Waals surface area contributed by atoms with E-state index in [1.165, 1.54) is 45.2 Å². The number of likely N-dealkylation sites (tertiary alicyclic amines) is 1. The average molecular weight is 260 g/mol. The van der Waals surface area contributed by atoms with E-state index in [-0.39, 0.29) is 0 Å². The van der Waals surface area contributed by atoms with Gasteiger partial charge in [0, 0.05) is 26.1 Å². The number of hydrogen-bond donors (Lipinski definition) is 0. The van der Waals surface area contributed by atoms with Crippen molar-refractivity contribution in [3.05, 3.63) is 18.1 Å². The lowest BCUT2D eigenvalue weighted by atomic mass is 10.1. The van der Waals surface area contributed by atoms with Crippen molar-refractivity contribution in [1.29, 1.82) is 0 Å². The Morgan fingerprint density at radius 2 is 1.58 bits per heavy atom. The number of hydrogen-bond acceptors (Lipinski definition) is 4. The number of nitrogens with zero attached hydrogens (tertiary/aromatic N) is 4. The third-order valence-corrected chi connectivity index (χ3v) is 4.25. The molecule has 1 aromatic rings. The van der Waals surface area contributed by atoms with Crippen molar-refractivity contribution in [3.8, 4) is 0 Å². The first-order chi connectivity index (χ1) is 9.42. The van der Waals surface area contributed by atoms with Crippen molar-refractivity contribution < 1.29 is 0 Å². The van der Waals surface area contributed by atoms with E-state index in [9.17, 15) is 0 Å². The van der Waals surface area contributed by atoms with Gasteiger partial charge in [-0.25, -0.2) is 4.98 Å². The summed E-state index contributed by atoms with van der Waals surface area (Å²) in [4.78, 5) is 14.0. The van der Waals surface area contributed by atoms with Gasteiger partial charge >= 0.3 is 0 Å². The summed E-state index contributed by atoms with van der Waals surface area (Å²) < 4.78 is 0. The lowest BCUT2D eigenvalue weighted by molar-refractivity contribution is 0.231. The molecule has 0 N–H and O–H groups in total. The summed E-state index contributed by atoms with van der Waals surface area (Å²) in [7, 11) is 0. The first kappa shape index (κ1) is 12.9. The predicted molar refractivity (Wildman–Crippen MR) is 77.5 cm³/mol. The molecule has 1 aromatic heterocycles. The van der Waals surface area contributed by atoms with Crippen LogP contribution in [0, 0.1) is 0 Å². The number of piperidine rings is 1. The van der Waals surface area contributed by atoms with E-state index in [1.54, 1.807) is 0 Å². The summed E-state index contributed by atoms with van der Waals surface area (Å²) in [6, 6.07) is 0. The lowest BCUT2D eigenvalue weighted by Crippen LogP contribution is -2.31. The number of anilines is 1. The summed E-state index contributed by atoms with van der Waals surface area (Å²) in [6.45, 7) is 5.94. The molecule has 19 heavy (non-hydrogen) atoms. The maximum absolute atomic E-state index is 4.58. The molecular formula is C15H24N4. The lowest BCUT2D eigenvalue weighted by Gasteiger charge is -2.26. The average Bonchev–Trinajstić information content (AvgIpc) is 3.01. The monoisotopic (exact) mass is 260 g/mol. The molecule has 0 atom stereocenters. The largest absolute Gasteiger partial charge is 0.355 e. The first-order valence-corrected chi connectivity index (χ1v) is 7.70. The van der Waals surface area contributed by atoms with Gasteiger partial charge in [0.2, 0.25) is 0 Å². The van der Waals surface area contributed by atoms with Crippen LogP contribution < -0.4 is 4.90 Å². The van der Waals surface area contributed by atoms with Gasteiger partial charge in [-0.05, 0) is 38.8 Å². The summed E-state index contributed by atoms with van der Waals surface area (Å²) in [5.74, 6) is 1.05. The highest BCUT2D eigenvalue weighted by Crippen LogP contribution is 2.16. The first-order valence-electron chi connectivity index (χ1n) is 7.70. The van der Waals surface area contributed by atoms with Gasteiger partial charge in [0.25, 0.3) is 0 Å². The Balaban J connectivity index is 1.50. The Labute approximate surface area is 115 Å². The van der Waals surface area contributed by atoms with Crippen LogP contribution in [0.1, 0.15) is 37.8 Å². The zero-order chi connectivity index (χ0) is 12.9. The zero-order valence-electron chi connectivity index (χ0n) is 11.7. The van der Waals surface area contributed by atoms with Gasteiger partial charge in [0.15, 0.2) is 0 Å². The van der Waals surface area contributed by atoms with Gasteiger partial charge < -0.3 is 9.80 Å². The topological polar surface area (TPSA) is 32.3 Å². The van der Waals surface area contributed by atoms with Gasteiger partial charge in [0.05, 0.1) is 18.1 Å². The molecule has 2 aliphatic heterocycles. The molecule has 0 spiro atoms. The number of rotatable bonds is 4. The van der Waals surface area contributed by atoms with Crippen LogP contribution in [0.15, 0.2) is 12.4 Å². The van der Waals surface area contributed by atoms with Crippen molar-refractivity contribution in [2.45, 2.75) is 38.5 Å². The zero-order valence-corrected chi connectivity index (χ0v) is 11.7. The highest BCUT2D eigenvalue weighted by atomic mass is 15.2. The second-order valence-electron chi connectivity index (χ2n) is 5.71. The molecule has 4 nitrogen and oxygen atoms in total. The summed E-state index contributed by atoms with van der Waals surface area (Å²) >= 11 is 0. The van der Waals surface area contributed by atoms with Crippen LogP contribution in [-0.4, -0.2) is 47.6 Å². The van der Waals surface area contributed by atoms with Crippen LogP contribution in [0.3, 0.4) is 0 Å². The molecule has 3 heterocycles. The molecule has 104 valence electrons. The van der Waals surface area contributed by atoms with Gasteiger partial charge in [-0.1, -0.05) is 6.42 Å². The second kappa shape index (κ2) is 6.33. The minimum atomic E-state index is 1.04. The summed E-state index contributed by atoms with van der Waals surface area (Å²) in [5, 5.41) is 0. The SMILES string of the molecule is c1nc(N2CCCC2)cnc1CCN1CCCCC1. The van der Waals surface area contributed by atoms with Crippen molar-refractivity contribution >= 4 is 5.82 Å². The third kappa shape index (κ3) is 3.44. The summed E-state index contributed by atoms with van der Waals surface area (Å²) in [5.41, 5.74) is 1.13. The third-order valence-electron chi connectivity index (χ3n) is 4.25. The van der Waals surface area contributed by atoms with E-state index in [1.807, 2.05) is 12.4 Å². The van der Waals surface area contributed by atoms with Crippen molar-refractivity contribution in [2.24, 2.45) is 0 Å². The molecule has 2 saturated heterocycles. The van der Waals surface area contributed by atoms with Crippen LogP contribution in [-0.2, 0) is 6.42 Å². The predicted octanol–water partition coefficient (Wildman–Crippen LogP) is 2.11. The van der Waals surface area contributed by atoms with Crippen LogP contribution in [0.4, 0.5) is 5.82 Å². The van der Waals surface area contributed by atoms with E-state index in [0.29, 0.717) is 0 Å². The molecule has 0 aliphatic carbocycles. The van der Waals surface area contributed by atoms with Gasteiger partial charge in [-0.3, -0.25) is 4.98 Å².